The number of rotatable bonds is 4. The van der Waals surface area contributed by atoms with Crippen LogP contribution in [0.2, 0.25) is 10.0 Å². The van der Waals surface area contributed by atoms with Crippen LogP contribution < -0.4 is 10.6 Å². The van der Waals surface area contributed by atoms with E-state index >= 15 is 0 Å². The number of hydrogen-bond acceptors (Lipinski definition) is 2. The van der Waals surface area contributed by atoms with Gasteiger partial charge in [-0.15, -0.1) is 0 Å². The van der Waals surface area contributed by atoms with Gasteiger partial charge in [-0.25, -0.2) is 0 Å². The van der Waals surface area contributed by atoms with Crippen molar-refractivity contribution in [3.63, 3.8) is 0 Å². The van der Waals surface area contributed by atoms with Crippen LogP contribution in [0.1, 0.15) is 24.8 Å². The third-order valence-electron chi connectivity index (χ3n) is 3.25. The molecule has 2 amide bonds. The first kappa shape index (κ1) is 15.1. The minimum absolute atomic E-state index is 0.0232. The molecule has 1 aromatic rings. The molecule has 1 aromatic carbocycles. The van der Waals surface area contributed by atoms with Gasteiger partial charge in [0, 0.05) is 19.0 Å². The fourth-order valence-electron chi connectivity index (χ4n) is 2.19. The molecule has 0 radical (unpaired) electrons. The normalized spacial score (nSPS) is 18.5. The Labute approximate surface area is 127 Å². The van der Waals surface area contributed by atoms with Crippen LogP contribution in [0.15, 0.2) is 18.2 Å². The topological polar surface area (TPSA) is 58.2 Å². The number of benzene rings is 1. The maximum Gasteiger partial charge on any atom is 0.224 e. The van der Waals surface area contributed by atoms with Gasteiger partial charge in [-0.05, 0) is 24.5 Å². The van der Waals surface area contributed by atoms with Gasteiger partial charge in [0.2, 0.25) is 11.8 Å². The molecule has 1 saturated heterocycles. The SMILES string of the molecule is O=C(Cc1cccc(Cl)c1Cl)NC[C@H]1CCCC(=O)N1. The lowest BCUT2D eigenvalue weighted by molar-refractivity contribution is -0.124. The van der Waals surface area contributed by atoms with Crippen molar-refractivity contribution in [2.24, 2.45) is 0 Å². The zero-order valence-corrected chi connectivity index (χ0v) is 12.4. The van der Waals surface area contributed by atoms with Crippen molar-refractivity contribution in [3.8, 4) is 0 Å². The van der Waals surface area contributed by atoms with Gasteiger partial charge in [-0.2, -0.15) is 0 Å². The van der Waals surface area contributed by atoms with Crippen LogP contribution in [-0.4, -0.2) is 24.4 Å². The first-order valence-electron chi connectivity index (χ1n) is 6.55. The molecular weight excluding hydrogens is 299 g/mol. The Balaban J connectivity index is 1.83. The van der Waals surface area contributed by atoms with Crippen molar-refractivity contribution in [3.05, 3.63) is 33.8 Å². The maximum absolute atomic E-state index is 11.9. The quantitative estimate of drug-likeness (QED) is 0.896. The van der Waals surface area contributed by atoms with E-state index < -0.39 is 0 Å². The highest BCUT2D eigenvalue weighted by Gasteiger charge is 2.18. The molecular formula is C14H16Cl2N2O2. The van der Waals surface area contributed by atoms with Gasteiger partial charge in [-0.1, -0.05) is 35.3 Å². The van der Waals surface area contributed by atoms with E-state index in [1.165, 1.54) is 0 Å². The zero-order valence-electron chi connectivity index (χ0n) is 10.9. The van der Waals surface area contributed by atoms with Gasteiger partial charge in [0.25, 0.3) is 0 Å². The van der Waals surface area contributed by atoms with Gasteiger partial charge < -0.3 is 10.6 Å². The van der Waals surface area contributed by atoms with E-state index in [4.69, 9.17) is 23.2 Å². The molecule has 1 aliphatic heterocycles. The molecule has 2 N–H and O–H groups in total. The van der Waals surface area contributed by atoms with Crippen LogP contribution in [0.5, 0.6) is 0 Å². The molecule has 0 aromatic heterocycles. The van der Waals surface area contributed by atoms with Crippen molar-refractivity contribution in [2.75, 3.05) is 6.54 Å². The van der Waals surface area contributed by atoms with E-state index in [-0.39, 0.29) is 24.3 Å². The summed E-state index contributed by atoms with van der Waals surface area (Å²) in [7, 11) is 0. The highest BCUT2D eigenvalue weighted by molar-refractivity contribution is 6.42. The molecule has 4 nitrogen and oxygen atoms in total. The molecule has 2 rings (SSSR count). The Morgan fingerprint density at radius 1 is 1.40 bits per heavy atom. The molecule has 1 heterocycles. The van der Waals surface area contributed by atoms with Crippen molar-refractivity contribution >= 4 is 35.0 Å². The Kier molecular flexibility index (Phi) is 5.26. The molecule has 1 aliphatic rings. The monoisotopic (exact) mass is 314 g/mol. The van der Waals surface area contributed by atoms with Crippen LogP contribution in [0.25, 0.3) is 0 Å². The van der Waals surface area contributed by atoms with E-state index in [2.05, 4.69) is 10.6 Å². The Bertz CT molecular complexity index is 520. The molecule has 0 bridgehead atoms. The molecule has 6 heteroatoms. The number of carbonyl (C=O) groups is 2. The summed E-state index contributed by atoms with van der Waals surface area (Å²) < 4.78 is 0. The van der Waals surface area contributed by atoms with Crippen molar-refractivity contribution in [2.45, 2.75) is 31.7 Å². The lowest BCUT2D eigenvalue weighted by Crippen LogP contribution is -2.46. The largest absolute Gasteiger partial charge is 0.354 e. The van der Waals surface area contributed by atoms with Crippen LogP contribution >= 0.6 is 23.2 Å². The maximum atomic E-state index is 11.9. The zero-order chi connectivity index (χ0) is 14.5. The standard InChI is InChI=1S/C14H16Cl2N2O2/c15-11-5-1-3-9(14(11)16)7-13(20)17-8-10-4-2-6-12(19)18-10/h1,3,5,10H,2,4,6-8H2,(H,17,20)(H,18,19)/t10-/m1/s1. The molecule has 0 aliphatic carbocycles. The fourth-order valence-corrected chi connectivity index (χ4v) is 2.58. The van der Waals surface area contributed by atoms with Crippen LogP contribution in [0, 0.1) is 0 Å². The summed E-state index contributed by atoms with van der Waals surface area (Å²) in [5, 5.41) is 6.52. The van der Waals surface area contributed by atoms with E-state index in [0.29, 0.717) is 28.6 Å². The smallest absolute Gasteiger partial charge is 0.224 e. The third kappa shape index (κ3) is 4.12. The minimum Gasteiger partial charge on any atom is -0.354 e. The number of hydrogen-bond donors (Lipinski definition) is 2. The predicted molar refractivity (Wildman–Crippen MR) is 79.0 cm³/mol. The molecule has 0 spiro atoms. The average molecular weight is 315 g/mol. The molecule has 20 heavy (non-hydrogen) atoms. The molecule has 108 valence electrons. The van der Waals surface area contributed by atoms with Gasteiger partial charge in [-0.3, -0.25) is 9.59 Å². The number of piperidine rings is 1. The lowest BCUT2D eigenvalue weighted by Gasteiger charge is -2.23. The summed E-state index contributed by atoms with van der Waals surface area (Å²) in [6, 6.07) is 5.24. The van der Waals surface area contributed by atoms with Crippen LogP contribution in [0.3, 0.4) is 0 Å². The highest BCUT2D eigenvalue weighted by Crippen LogP contribution is 2.25. The molecule has 0 saturated carbocycles. The highest BCUT2D eigenvalue weighted by atomic mass is 35.5. The number of amides is 2. The van der Waals surface area contributed by atoms with E-state index in [1.807, 2.05) is 0 Å². The number of halogens is 2. The van der Waals surface area contributed by atoms with E-state index in [9.17, 15) is 9.59 Å². The van der Waals surface area contributed by atoms with Crippen LogP contribution in [0.4, 0.5) is 0 Å². The fraction of sp³-hybridized carbons (Fsp3) is 0.429. The van der Waals surface area contributed by atoms with Crippen LogP contribution in [-0.2, 0) is 16.0 Å². The first-order chi connectivity index (χ1) is 9.56. The van der Waals surface area contributed by atoms with Gasteiger partial charge in [0.05, 0.1) is 16.5 Å². The second kappa shape index (κ2) is 6.95. The summed E-state index contributed by atoms with van der Waals surface area (Å²) >= 11 is 11.9. The van der Waals surface area contributed by atoms with E-state index in [1.54, 1.807) is 18.2 Å². The summed E-state index contributed by atoms with van der Waals surface area (Å²) in [5.74, 6) is -0.0811. The molecule has 1 atom stereocenters. The second-order valence-electron chi connectivity index (χ2n) is 4.85. The predicted octanol–water partition coefficient (Wildman–Crippen LogP) is 2.32. The third-order valence-corrected chi connectivity index (χ3v) is 4.11. The Morgan fingerprint density at radius 3 is 2.95 bits per heavy atom. The lowest BCUT2D eigenvalue weighted by atomic mass is 10.0. The number of carbonyl (C=O) groups excluding carboxylic acids is 2. The van der Waals surface area contributed by atoms with Gasteiger partial charge in [0.15, 0.2) is 0 Å². The van der Waals surface area contributed by atoms with Crippen molar-refractivity contribution in [1.82, 2.24) is 10.6 Å². The summed E-state index contributed by atoms with van der Waals surface area (Å²) in [6.45, 7) is 0.447. The molecule has 0 unspecified atom stereocenters. The summed E-state index contributed by atoms with van der Waals surface area (Å²) in [5.41, 5.74) is 0.698. The Hall–Kier alpha value is -1.26. The summed E-state index contributed by atoms with van der Waals surface area (Å²) in [6.07, 6.45) is 2.51. The van der Waals surface area contributed by atoms with Crippen molar-refractivity contribution < 1.29 is 9.59 Å². The second-order valence-corrected chi connectivity index (χ2v) is 5.64. The van der Waals surface area contributed by atoms with Crippen molar-refractivity contribution in [1.29, 1.82) is 0 Å². The van der Waals surface area contributed by atoms with E-state index in [0.717, 1.165) is 12.8 Å². The molecule has 1 fully saturated rings. The minimum atomic E-state index is -0.131. The average Bonchev–Trinajstić information content (AvgIpc) is 2.42. The Morgan fingerprint density at radius 2 is 2.20 bits per heavy atom. The van der Waals surface area contributed by atoms with Gasteiger partial charge >= 0.3 is 0 Å². The van der Waals surface area contributed by atoms with Gasteiger partial charge in [0.1, 0.15) is 0 Å². The number of nitrogens with one attached hydrogen (secondary N) is 2. The summed E-state index contributed by atoms with van der Waals surface area (Å²) in [4.78, 5) is 23.1. The first-order valence-corrected chi connectivity index (χ1v) is 7.31.